The third kappa shape index (κ3) is 2.18. The first-order valence-corrected chi connectivity index (χ1v) is 5.56. The van der Waals surface area contributed by atoms with Gasteiger partial charge in [-0.25, -0.2) is 9.97 Å². The van der Waals surface area contributed by atoms with Crippen LogP contribution in [0, 0.1) is 4.64 Å². The molecule has 0 radical (unpaired) electrons. The highest BCUT2D eigenvalue weighted by atomic mass is 79.9. The minimum atomic E-state index is 0.411. The fourth-order valence-electron chi connectivity index (χ4n) is 1.18. The average molecular weight is 302 g/mol. The number of hydrogen-bond acceptors (Lipinski definition) is 5. The van der Waals surface area contributed by atoms with E-state index in [4.69, 9.17) is 17.0 Å². The molecule has 0 saturated carbocycles. The van der Waals surface area contributed by atoms with E-state index in [2.05, 4.69) is 41.1 Å². The second-order valence-corrected chi connectivity index (χ2v) is 4.13. The van der Waals surface area contributed by atoms with Gasteiger partial charge in [-0.05, 0) is 15.9 Å². The Kier molecular flexibility index (Phi) is 3.42. The largest absolute Gasteiger partial charge is 0.378 e. The van der Waals surface area contributed by atoms with Gasteiger partial charge in [-0.1, -0.05) is 12.2 Å². The summed E-state index contributed by atoms with van der Waals surface area (Å²) in [5, 5.41) is 6.47. The van der Waals surface area contributed by atoms with Gasteiger partial charge in [-0.3, -0.25) is 5.10 Å². The fraction of sp³-hybridized carbons (Fsp3) is 0.250. The quantitative estimate of drug-likeness (QED) is 0.846. The zero-order chi connectivity index (χ0) is 11.5. The molecule has 0 saturated heterocycles. The Morgan fingerprint density at radius 2 is 2.31 bits per heavy atom. The molecule has 0 atom stereocenters. The summed E-state index contributed by atoms with van der Waals surface area (Å²) in [6.07, 6.45) is 1.41. The first-order valence-electron chi connectivity index (χ1n) is 4.35. The molecule has 0 aliphatic rings. The summed E-state index contributed by atoms with van der Waals surface area (Å²) in [6.45, 7) is 0.411. The highest BCUT2D eigenvalue weighted by molar-refractivity contribution is 9.10. The Labute approximate surface area is 105 Å². The van der Waals surface area contributed by atoms with Crippen molar-refractivity contribution in [3.05, 3.63) is 21.1 Å². The van der Waals surface area contributed by atoms with E-state index < -0.39 is 0 Å². The van der Waals surface area contributed by atoms with E-state index in [0.717, 1.165) is 10.2 Å². The number of aromatic nitrogens is 5. The lowest BCUT2D eigenvalue weighted by Gasteiger charge is -2.05. The van der Waals surface area contributed by atoms with Gasteiger partial charge in [0, 0.05) is 7.11 Å². The first kappa shape index (κ1) is 11.4. The number of methoxy groups -OCH3 is 1. The molecule has 0 aromatic carbocycles. The lowest BCUT2D eigenvalue weighted by molar-refractivity contribution is 0.181. The van der Waals surface area contributed by atoms with Crippen molar-refractivity contribution in [2.24, 2.45) is 0 Å². The van der Waals surface area contributed by atoms with E-state index in [-0.39, 0.29) is 0 Å². The molecule has 2 aromatic rings. The Hall–Kier alpha value is -1.12. The average Bonchev–Trinajstić information content (AvgIpc) is 2.78. The van der Waals surface area contributed by atoms with Crippen molar-refractivity contribution in [2.75, 3.05) is 7.11 Å². The third-order valence-corrected chi connectivity index (χ3v) is 3.28. The molecule has 0 aliphatic carbocycles. The van der Waals surface area contributed by atoms with Gasteiger partial charge in [-0.15, -0.1) is 0 Å². The van der Waals surface area contributed by atoms with E-state index in [0.29, 0.717) is 22.9 Å². The Morgan fingerprint density at radius 3 is 2.94 bits per heavy atom. The van der Waals surface area contributed by atoms with Gasteiger partial charge >= 0.3 is 0 Å². The summed E-state index contributed by atoms with van der Waals surface area (Å²) in [4.78, 5) is 11.3. The molecule has 6 nitrogen and oxygen atoms in total. The Balaban J connectivity index is 2.53. The monoisotopic (exact) mass is 301 g/mol. The van der Waals surface area contributed by atoms with Crippen molar-refractivity contribution < 1.29 is 4.74 Å². The van der Waals surface area contributed by atoms with Crippen LogP contribution in [0.4, 0.5) is 0 Å². The molecule has 8 heteroatoms. The number of nitrogens with zero attached hydrogens (tertiary/aromatic N) is 3. The molecule has 0 bridgehead atoms. The van der Waals surface area contributed by atoms with E-state index >= 15 is 0 Å². The van der Waals surface area contributed by atoms with Gasteiger partial charge in [0.2, 0.25) is 0 Å². The highest BCUT2D eigenvalue weighted by Crippen LogP contribution is 2.19. The van der Waals surface area contributed by atoms with Gasteiger partial charge in [0.25, 0.3) is 0 Å². The Morgan fingerprint density at radius 1 is 1.50 bits per heavy atom. The lowest BCUT2D eigenvalue weighted by atomic mass is 10.4. The second-order valence-electron chi connectivity index (χ2n) is 2.95. The van der Waals surface area contributed by atoms with Crippen LogP contribution in [0.25, 0.3) is 11.6 Å². The van der Waals surface area contributed by atoms with Crippen LogP contribution in [0.15, 0.2) is 10.8 Å². The van der Waals surface area contributed by atoms with E-state index in [9.17, 15) is 0 Å². The van der Waals surface area contributed by atoms with Gasteiger partial charge in [0.1, 0.15) is 11.0 Å². The van der Waals surface area contributed by atoms with E-state index in [1.54, 1.807) is 7.11 Å². The van der Waals surface area contributed by atoms with Crippen LogP contribution in [0.3, 0.4) is 0 Å². The number of hydrogen-bond donors (Lipinski definition) is 2. The zero-order valence-electron chi connectivity index (χ0n) is 8.32. The maximum atomic E-state index is 5.12. The predicted octanol–water partition coefficient (Wildman–Crippen LogP) is 1.83. The van der Waals surface area contributed by atoms with Gasteiger partial charge in [-0.2, -0.15) is 5.10 Å². The van der Waals surface area contributed by atoms with Crippen LogP contribution in [0.5, 0.6) is 0 Å². The normalized spacial score (nSPS) is 10.6. The smallest absolute Gasteiger partial charge is 0.191 e. The summed E-state index contributed by atoms with van der Waals surface area (Å²) in [5.41, 5.74) is 0.814. The number of halogens is 1. The first-order chi connectivity index (χ1) is 7.72. The molecule has 84 valence electrons. The second kappa shape index (κ2) is 4.81. The minimum Gasteiger partial charge on any atom is -0.378 e. The summed E-state index contributed by atoms with van der Waals surface area (Å²) in [5.74, 6) is 1.08. The SMILES string of the molecule is COCc1[nH]c(-c2ncn[nH]2)nc(=S)c1Br. The summed E-state index contributed by atoms with van der Waals surface area (Å²) < 4.78 is 6.24. The molecule has 16 heavy (non-hydrogen) atoms. The molecule has 0 amide bonds. The van der Waals surface area contributed by atoms with Crippen molar-refractivity contribution in [3.63, 3.8) is 0 Å². The molecule has 0 spiro atoms. The molecular weight excluding hydrogens is 294 g/mol. The number of aromatic amines is 2. The van der Waals surface area contributed by atoms with E-state index in [1.807, 2.05) is 0 Å². The van der Waals surface area contributed by atoms with Crippen molar-refractivity contribution in [3.8, 4) is 11.6 Å². The maximum absolute atomic E-state index is 5.12. The van der Waals surface area contributed by atoms with Crippen LogP contribution < -0.4 is 0 Å². The lowest BCUT2D eigenvalue weighted by Crippen LogP contribution is -2.00. The van der Waals surface area contributed by atoms with Gasteiger partial charge in [0.15, 0.2) is 11.6 Å². The number of nitrogens with one attached hydrogen (secondary N) is 2. The van der Waals surface area contributed by atoms with Crippen LogP contribution in [-0.2, 0) is 11.3 Å². The van der Waals surface area contributed by atoms with Crippen LogP contribution in [0.1, 0.15) is 5.69 Å². The molecule has 2 aromatic heterocycles. The topological polar surface area (TPSA) is 79.5 Å². The summed E-state index contributed by atoms with van der Waals surface area (Å²) >= 11 is 8.48. The van der Waals surface area contributed by atoms with Crippen LogP contribution in [0.2, 0.25) is 0 Å². The van der Waals surface area contributed by atoms with Crippen LogP contribution >= 0.6 is 28.1 Å². The number of ether oxygens (including phenoxy) is 1. The standard InChI is InChI=1S/C8H8BrN5OS/c1-15-2-4-5(9)8(16)13-7(12-4)6-10-3-11-14-6/h3H,2H2,1H3,(H,10,11,14)(H,12,13,16). The molecule has 0 fully saturated rings. The third-order valence-electron chi connectivity index (χ3n) is 1.86. The molecule has 2 heterocycles. The predicted molar refractivity (Wildman–Crippen MR) is 63.2 cm³/mol. The van der Waals surface area contributed by atoms with Gasteiger partial charge < -0.3 is 9.72 Å². The van der Waals surface area contributed by atoms with Crippen molar-refractivity contribution in [1.29, 1.82) is 0 Å². The molecule has 0 unspecified atom stereocenters. The molecule has 2 N–H and O–H groups in total. The molecule has 2 rings (SSSR count). The number of rotatable bonds is 3. The number of H-pyrrole nitrogens is 2. The maximum Gasteiger partial charge on any atom is 0.191 e. The summed E-state index contributed by atoms with van der Waals surface area (Å²) in [7, 11) is 1.61. The highest BCUT2D eigenvalue weighted by Gasteiger charge is 2.09. The fourth-order valence-corrected chi connectivity index (χ4v) is 1.70. The molecule has 0 aliphatic heterocycles. The van der Waals surface area contributed by atoms with Crippen molar-refractivity contribution in [1.82, 2.24) is 25.1 Å². The van der Waals surface area contributed by atoms with Crippen molar-refractivity contribution in [2.45, 2.75) is 6.61 Å². The zero-order valence-corrected chi connectivity index (χ0v) is 10.7. The Bertz CT molecular complexity index is 538. The molecular formula is C8H8BrN5OS. The van der Waals surface area contributed by atoms with Gasteiger partial charge in [0.05, 0.1) is 16.8 Å². The van der Waals surface area contributed by atoms with Crippen molar-refractivity contribution >= 4 is 28.1 Å². The van der Waals surface area contributed by atoms with E-state index in [1.165, 1.54) is 6.33 Å². The minimum absolute atomic E-state index is 0.411. The summed E-state index contributed by atoms with van der Waals surface area (Å²) in [6, 6.07) is 0. The van der Waals surface area contributed by atoms with Crippen LogP contribution in [-0.4, -0.2) is 32.3 Å².